The monoisotopic (exact) mass is 375 g/mol. The van der Waals surface area contributed by atoms with Gasteiger partial charge >= 0.3 is 6.03 Å². The van der Waals surface area contributed by atoms with Gasteiger partial charge in [-0.3, -0.25) is 0 Å². The molecule has 0 aliphatic heterocycles. The van der Waals surface area contributed by atoms with Crippen LogP contribution in [0.2, 0.25) is 15.1 Å². The minimum Gasteiger partial charge on any atom is -0.489 e. The summed E-state index contributed by atoms with van der Waals surface area (Å²) in [6.07, 6.45) is 4.00. The Balaban J connectivity index is 1.99. The maximum Gasteiger partial charge on any atom is 0.344 e. The van der Waals surface area contributed by atoms with Crippen molar-refractivity contribution in [1.82, 2.24) is 14.7 Å². The van der Waals surface area contributed by atoms with Crippen LogP contribution in [-0.4, -0.2) is 40.4 Å². The van der Waals surface area contributed by atoms with E-state index in [9.17, 15) is 4.79 Å². The van der Waals surface area contributed by atoms with Gasteiger partial charge < -0.3 is 9.64 Å². The lowest BCUT2D eigenvalue weighted by Gasteiger charge is -2.22. The zero-order chi connectivity index (χ0) is 16.8. The number of aromatic nitrogens is 2. The van der Waals surface area contributed by atoms with Crippen LogP contribution in [0.4, 0.5) is 4.79 Å². The first-order valence-corrected chi connectivity index (χ1v) is 8.22. The van der Waals surface area contributed by atoms with E-state index in [1.165, 1.54) is 4.68 Å². The van der Waals surface area contributed by atoms with E-state index < -0.39 is 0 Å². The molecule has 1 amide bonds. The molecule has 0 atom stereocenters. The summed E-state index contributed by atoms with van der Waals surface area (Å²) in [6, 6.07) is 4.62. The van der Waals surface area contributed by atoms with Crippen LogP contribution in [0, 0.1) is 0 Å². The molecule has 0 aliphatic carbocycles. The van der Waals surface area contributed by atoms with Gasteiger partial charge in [0, 0.05) is 24.0 Å². The lowest BCUT2D eigenvalue weighted by Crippen LogP contribution is -2.38. The number of benzene rings is 1. The molecule has 0 spiro atoms. The molecule has 2 rings (SSSR count). The van der Waals surface area contributed by atoms with Gasteiger partial charge in [-0.1, -0.05) is 41.7 Å². The number of carbonyl (C=O) groups excluding carboxylic acids is 1. The van der Waals surface area contributed by atoms with Gasteiger partial charge in [0.25, 0.3) is 0 Å². The molecule has 2 aromatic rings. The normalized spacial score (nSPS) is 10.6. The Labute approximate surface area is 149 Å². The van der Waals surface area contributed by atoms with Crippen molar-refractivity contribution in [2.24, 2.45) is 0 Å². The molecule has 8 heteroatoms. The molecule has 1 heterocycles. The lowest BCUT2D eigenvalue weighted by molar-refractivity contribution is 0.181. The highest BCUT2D eigenvalue weighted by Gasteiger charge is 2.16. The van der Waals surface area contributed by atoms with E-state index in [1.807, 2.05) is 6.92 Å². The van der Waals surface area contributed by atoms with Gasteiger partial charge in [0.15, 0.2) is 5.75 Å². The van der Waals surface area contributed by atoms with E-state index >= 15 is 0 Å². The molecule has 0 fully saturated rings. The first-order valence-electron chi connectivity index (χ1n) is 7.09. The summed E-state index contributed by atoms with van der Waals surface area (Å²) < 4.78 is 6.91. The Morgan fingerprint density at radius 1 is 1.26 bits per heavy atom. The van der Waals surface area contributed by atoms with Gasteiger partial charge in [0.2, 0.25) is 0 Å². The van der Waals surface area contributed by atoms with Crippen LogP contribution < -0.4 is 4.74 Å². The topological polar surface area (TPSA) is 47.4 Å². The molecule has 23 heavy (non-hydrogen) atoms. The molecule has 0 saturated carbocycles. The van der Waals surface area contributed by atoms with Crippen molar-refractivity contribution >= 4 is 40.8 Å². The maximum atomic E-state index is 12.3. The largest absolute Gasteiger partial charge is 0.489 e. The van der Waals surface area contributed by atoms with Gasteiger partial charge in [-0.05, 0) is 24.6 Å². The van der Waals surface area contributed by atoms with Crippen molar-refractivity contribution in [3.8, 4) is 5.75 Å². The maximum absolute atomic E-state index is 12.3. The molecule has 0 N–H and O–H groups in total. The van der Waals surface area contributed by atoms with Crippen LogP contribution in [0.25, 0.3) is 0 Å². The highest BCUT2D eigenvalue weighted by Crippen LogP contribution is 2.35. The fourth-order valence-electron chi connectivity index (χ4n) is 2.02. The fraction of sp³-hybridized carbons (Fsp3) is 0.333. The lowest BCUT2D eigenvalue weighted by atomic mass is 10.3. The quantitative estimate of drug-likeness (QED) is 0.740. The van der Waals surface area contributed by atoms with E-state index in [-0.39, 0.29) is 12.6 Å². The third kappa shape index (κ3) is 4.77. The number of nitrogens with zero attached hydrogens (tertiary/aromatic N) is 3. The smallest absolute Gasteiger partial charge is 0.344 e. The summed E-state index contributed by atoms with van der Waals surface area (Å²) >= 11 is 18.0. The number of hydrogen-bond acceptors (Lipinski definition) is 3. The number of amides is 1. The van der Waals surface area contributed by atoms with Crippen LogP contribution in [-0.2, 0) is 0 Å². The fourth-order valence-corrected chi connectivity index (χ4v) is 2.95. The Kier molecular flexibility index (Phi) is 6.57. The Morgan fingerprint density at radius 3 is 2.52 bits per heavy atom. The van der Waals surface area contributed by atoms with Crippen molar-refractivity contribution in [3.05, 3.63) is 45.7 Å². The van der Waals surface area contributed by atoms with Gasteiger partial charge in [-0.2, -0.15) is 9.78 Å². The van der Waals surface area contributed by atoms with Gasteiger partial charge in [0.1, 0.15) is 6.61 Å². The summed E-state index contributed by atoms with van der Waals surface area (Å²) in [7, 11) is 0. The standard InChI is InChI=1S/C15H16Cl3N3O2/c1-2-5-20(15(22)21-6-3-4-19-21)7-8-23-14-12(17)9-11(16)10-13(14)18/h3-4,6,9-10H,2,5,7-8H2,1H3. The van der Waals surface area contributed by atoms with Crippen molar-refractivity contribution in [1.29, 1.82) is 0 Å². The van der Waals surface area contributed by atoms with Crippen LogP contribution in [0.5, 0.6) is 5.75 Å². The summed E-state index contributed by atoms with van der Waals surface area (Å²) in [5.74, 6) is 0.362. The number of halogens is 3. The zero-order valence-electron chi connectivity index (χ0n) is 12.5. The van der Waals surface area contributed by atoms with E-state index in [0.29, 0.717) is 33.9 Å². The predicted molar refractivity (Wildman–Crippen MR) is 91.9 cm³/mol. The number of hydrogen-bond donors (Lipinski definition) is 0. The molecule has 0 bridgehead atoms. The first kappa shape index (κ1) is 17.9. The first-order chi connectivity index (χ1) is 11.0. The van der Waals surface area contributed by atoms with Gasteiger partial charge in [-0.15, -0.1) is 0 Å². The molecule has 5 nitrogen and oxygen atoms in total. The number of rotatable bonds is 6. The number of ether oxygens (including phenoxy) is 1. The van der Waals surface area contributed by atoms with E-state index in [4.69, 9.17) is 39.5 Å². The van der Waals surface area contributed by atoms with Crippen LogP contribution in [0.15, 0.2) is 30.6 Å². The van der Waals surface area contributed by atoms with Crippen molar-refractivity contribution in [2.45, 2.75) is 13.3 Å². The predicted octanol–water partition coefficient (Wildman–Crippen LogP) is 4.60. The molecule has 1 aromatic carbocycles. The van der Waals surface area contributed by atoms with E-state index in [0.717, 1.165) is 6.42 Å². The second-order valence-electron chi connectivity index (χ2n) is 4.77. The third-order valence-electron chi connectivity index (χ3n) is 3.04. The summed E-state index contributed by atoms with van der Waals surface area (Å²) in [6.45, 7) is 3.25. The molecule has 0 saturated heterocycles. The van der Waals surface area contributed by atoms with Crippen LogP contribution >= 0.6 is 34.8 Å². The summed E-state index contributed by atoms with van der Waals surface area (Å²) in [5.41, 5.74) is 0. The summed E-state index contributed by atoms with van der Waals surface area (Å²) in [5, 5.41) is 5.06. The van der Waals surface area contributed by atoms with Crippen molar-refractivity contribution in [2.75, 3.05) is 19.7 Å². The van der Waals surface area contributed by atoms with Crippen molar-refractivity contribution in [3.63, 3.8) is 0 Å². The van der Waals surface area contributed by atoms with Crippen molar-refractivity contribution < 1.29 is 9.53 Å². The molecule has 1 aromatic heterocycles. The van der Waals surface area contributed by atoms with Gasteiger partial charge in [0.05, 0.1) is 16.6 Å². The Morgan fingerprint density at radius 2 is 1.96 bits per heavy atom. The molecule has 124 valence electrons. The number of carbonyl (C=O) groups is 1. The SMILES string of the molecule is CCCN(CCOc1c(Cl)cc(Cl)cc1Cl)C(=O)n1cccn1. The van der Waals surface area contributed by atoms with Gasteiger partial charge in [-0.25, -0.2) is 4.79 Å². The van der Waals surface area contributed by atoms with Crippen LogP contribution in [0.3, 0.4) is 0 Å². The Bertz CT molecular complexity index is 639. The minimum absolute atomic E-state index is 0.200. The molecule has 0 aliphatic rings. The van der Waals surface area contributed by atoms with E-state index in [2.05, 4.69) is 5.10 Å². The highest BCUT2D eigenvalue weighted by molar-refractivity contribution is 6.40. The molecule has 0 unspecified atom stereocenters. The molecular formula is C15H16Cl3N3O2. The second kappa shape index (κ2) is 8.43. The third-order valence-corrected chi connectivity index (χ3v) is 3.81. The molecular weight excluding hydrogens is 361 g/mol. The van der Waals surface area contributed by atoms with E-state index in [1.54, 1.807) is 35.5 Å². The average Bonchev–Trinajstić information content (AvgIpc) is 3.02. The highest BCUT2D eigenvalue weighted by atomic mass is 35.5. The second-order valence-corrected chi connectivity index (χ2v) is 6.02. The average molecular weight is 377 g/mol. The zero-order valence-corrected chi connectivity index (χ0v) is 14.8. The summed E-state index contributed by atoms with van der Waals surface area (Å²) in [4.78, 5) is 14.0. The Hall–Kier alpha value is -1.43. The molecule has 0 radical (unpaired) electrons. The minimum atomic E-state index is -0.200. The van der Waals surface area contributed by atoms with Crippen LogP contribution in [0.1, 0.15) is 13.3 Å².